The van der Waals surface area contributed by atoms with Gasteiger partial charge in [0.05, 0.1) is 0 Å². The fraction of sp³-hybridized carbons (Fsp3) is 0.733. The van der Waals surface area contributed by atoms with Gasteiger partial charge < -0.3 is 5.32 Å². The molecule has 6 heteroatoms. The van der Waals surface area contributed by atoms with Gasteiger partial charge in [-0.15, -0.1) is 11.3 Å². The first-order valence-electron chi connectivity index (χ1n) is 7.79. The van der Waals surface area contributed by atoms with Gasteiger partial charge in [0, 0.05) is 13.1 Å². The molecule has 120 valence electrons. The van der Waals surface area contributed by atoms with E-state index in [1.54, 1.807) is 6.07 Å². The molecule has 0 radical (unpaired) electrons. The van der Waals surface area contributed by atoms with Gasteiger partial charge in [0.2, 0.25) is 10.0 Å². The van der Waals surface area contributed by atoms with E-state index in [0.29, 0.717) is 16.7 Å². The SMILES string of the molecule is CCCNCc1csc(S(=O)(=O)NCC2CCC(C)C2)c1. The van der Waals surface area contributed by atoms with Crippen LogP contribution in [0.15, 0.2) is 15.7 Å². The first-order valence-corrected chi connectivity index (χ1v) is 10.2. The highest BCUT2D eigenvalue weighted by atomic mass is 32.2. The quantitative estimate of drug-likeness (QED) is 0.721. The molecule has 1 aliphatic carbocycles. The van der Waals surface area contributed by atoms with Crippen molar-refractivity contribution in [2.24, 2.45) is 11.8 Å². The smallest absolute Gasteiger partial charge is 0.250 e. The second-order valence-corrected chi connectivity index (χ2v) is 8.99. The second kappa shape index (κ2) is 7.72. The molecule has 2 unspecified atom stereocenters. The third kappa shape index (κ3) is 5.06. The minimum atomic E-state index is -3.33. The number of hydrogen-bond donors (Lipinski definition) is 2. The Kier molecular flexibility index (Phi) is 6.22. The van der Waals surface area contributed by atoms with Crippen LogP contribution >= 0.6 is 11.3 Å². The maximum Gasteiger partial charge on any atom is 0.250 e. The van der Waals surface area contributed by atoms with Crippen molar-refractivity contribution in [3.8, 4) is 0 Å². The number of nitrogens with one attached hydrogen (secondary N) is 2. The minimum absolute atomic E-state index is 0.432. The van der Waals surface area contributed by atoms with Crippen LogP contribution in [-0.2, 0) is 16.6 Å². The van der Waals surface area contributed by atoms with E-state index in [1.165, 1.54) is 17.8 Å². The van der Waals surface area contributed by atoms with Gasteiger partial charge in [-0.2, -0.15) is 0 Å². The van der Waals surface area contributed by atoms with Crippen molar-refractivity contribution in [2.45, 2.75) is 50.3 Å². The molecule has 1 heterocycles. The molecule has 1 aliphatic rings. The van der Waals surface area contributed by atoms with Crippen molar-refractivity contribution in [3.05, 3.63) is 17.0 Å². The Balaban J connectivity index is 1.87. The van der Waals surface area contributed by atoms with Crippen LogP contribution in [0.5, 0.6) is 0 Å². The lowest BCUT2D eigenvalue weighted by Crippen LogP contribution is -2.28. The van der Waals surface area contributed by atoms with Crippen LogP contribution in [-0.4, -0.2) is 21.5 Å². The molecule has 0 bridgehead atoms. The van der Waals surface area contributed by atoms with E-state index in [0.717, 1.165) is 43.8 Å². The molecule has 0 saturated heterocycles. The molecular weight excluding hydrogens is 304 g/mol. The zero-order chi connectivity index (χ0) is 15.3. The topological polar surface area (TPSA) is 58.2 Å². The van der Waals surface area contributed by atoms with Crippen LogP contribution in [0, 0.1) is 11.8 Å². The Hall–Kier alpha value is -0.430. The molecule has 0 aliphatic heterocycles. The van der Waals surface area contributed by atoms with E-state index in [1.807, 2.05) is 5.38 Å². The minimum Gasteiger partial charge on any atom is -0.313 e. The molecular formula is C15H26N2O2S2. The number of sulfonamides is 1. The van der Waals surface area contributed by atoms with Gasteiger partial charge in [-0.05, 0) is 54.7 Å². The maximum absolute atomic E-state index is 12.3. The van der Waals surface area contributed by atoms with E-state index < -0.39 is 10.0 Å². The van der Waals surface area contributed by atoms with Gasteiger partial charge in [-0.25, -0.2) is 13.1 Å². The highest BCUT2D eigenvalue weighted by Crippen LogP contribution is 2.30. The van der Waals surface area contributed by atoms with E-state index in [2.05, 4.69) is 23.9 Å². The van der Waals surface area contributed by atoms with Gasteiger partial charge in [0.15, 0.2) is 0 Å². The van der Waals surface area contributed by atoms with Crippen molar-refractivity contribution in [3.63, 3.8) is 0 Å². The molecule has 2 N–H and O–H groups in total. The monoisotopic (exact) mass is 330 g/mol. The molecule has 0 aromatic carbocycles. The fourth-order valence-corrected chi connectivity index (χ4v) is 5.18. The van der Waals surface area contributed by atoms with Crippen molar-refractivity contribution >= 4 is 21.4 Å². The van der Waals surface area contributed by atoms with Crippen molar-refractivity contribution in [2.75, 3.05) is 13.1 Å². The summed E-state index contributed by atoms with van der Waals surface area (Å²) < 4.78 is 27.8. The summed E-state index contributed by atoms with van der Waals surface area (Å²) in [5.74, 6) is 1.23. The average molecular weight is 331 g/mol. The van der Waals surface area contributed by atoms with E-state index in [9.17, 15) is 8.42 Å². The molecule has 0 spiro atoms. The first kappa shape index (κ1) is 16.9. The molecule has 1 fully saturated rings. The van der Waals surface area contributed by atoms with Crippen LogP contribution in [0.25, 0.3) is 0 Å². The van der Waals surface area contributed by atoms with Gasteiger partial charge in [-0.1, -0.05) is 20.3 Å². The third-order valence-electron chi connectivity index (χ3n) is 4.02. The Morgan fingerprint density at radius 3 is 2.86 bits per heavy atom. The highest BCUT2D eigenvalue weighted by molar-refractivity contribution is 7.91. The molecule has 2 rings (SSSR count). The zero-order valence-electron chi connectivity index (χ0n) is 12.9. The summed E-state index contributed by atoms with van der Waals surface area (Å²) in [5.41, 5.74) is 1.04. The summed E-state index contributed by atoms with van der Waals surface area (Å²) in [5, 5.41) is 5.21. The van der Waals surface area contributed by atoms with Crippen LogP contribution in [0.3, 0.4) is 0 Å². The fourth-order valence-electron chi connectivity index (χ4n) is 2.81. The Morgan fingerprint density at radius 2 is 2.19 bits per heavy atom. The average Bonchev–Trinajstić information content (AvgIpc) is 3.06. The second-order valence-electron chi connectivity index (χ2n) is 6.09. The van der Waals surface area contributed by atoms with Crippen LogP contribution in [0.4, 0.5) is 0 Å². The molecule has 2 atom stereocenters. The number of rotatable bonds is 8. The predicted molar refractivity (Wildman–Crippen MR) is 88.0 cm³/mol. The van der Waals surface area contributed by atoms with Gasteiger partial charge in [-0.3, -0.25) is 0 Å². The lowest BCUT2D eigenvalue weighted by Gasteiger charge is -2.10. The van der Waals surface area contributed by atoms with Crippen LogP contribution in [0.2, 0.25) is 0 Å². The third-order valence-corrected chi connectivity index (χ3v) is 6.93. The first-order chi connectivity index (χ1) is 10.0. The molecule has 1 saturated carbocycles. The van der Waals surface area contributed by atoms with Crippen LogP contribution in [0.1, 0.15) is 45.1 Å². The van der Waals surface area contributed by atoms with E-state index in [4.69, 9.17) is 0 Å². The molecule has 1 aromatic rings. The van der Waals surface area contributed by atoms with Gasteiger partial charge in [0.25, 0.3) is 0 Å². The van der Waals surface area contributed by atoms with Crippen LogP contribution < -0.4 is 10.0 Å². The van der Waals surface area contributed by atoms with Crippen molar-refractivity contribution < 1.29 is 8.42 Å². The summed E-state index contributed by atoms with van der Waals surface area (Å²) >= 11 is 1.31. The van der Waals surface area contributed by atoms with E-state index in [-0.39, 0.29) is 0 Å². The largest absolute Gasteiger partial charge is 0.313 e. The molecule has 4 nitrogen and oxygen atoms in total. The van der Waals surface area contributed by atoms with Crippen molar-refractivity contribution in [1.29, 1.82) is 0 Å². The Labute approximate surface area is 132 Å². The van der Waals surface area contributed by atoms with Crippen molar-refractivity contribution in [1.82, 2.24) is 10.0 Å². The molecule has 0 amide bonds. The summed E-state index contributed by atoms with van der Waals surface area (Å²) in [6, 6.07) is 1.78. The number of thiophene rings is 1. The predicted octanol–water partition coefficient (Wildman–Crippen LogP) is 2.96. The van der Waals surface area contributed by atoms with Gasteiger partial charge >= 0.3 is 0 Å². The Bertz CT molecular complexity index is 540. The summed E-state index contributed by atoms with van der Waals surface area (Å²) in [6.45, 7) is 6.62. The Morgan fingerprint density at radius 1 is 1.38 bits per heavy atom. The summed E-state index contributed by atoms with van der Waals surface area (Å²) in [6.07, 6.45) is 4.58. The zero-order valence-corrected chi connectivity index (χ0v) is 14.5. The lowest BCUT2D eigenvalue weighted by atomic mass is 10.1. The highest BCUT2D eigenvalue weighted by Gasteiger charge is 2.24. The summed E-state index contributed by atoms with van der Waals surface area (Å²) in [7, 11) is -3.33. The molecule has 21 heavy (non-hydrogen) atoms. The number of hydrogen-bond acceptors (Lipinski definition) is 4. The maximum atomic E-state index is 12.3. The molecule has 1 aromatic heterocycles. The normalized spacial score (nSPS) is 22.8. The van der Waals surface area contributed by atoms with E-state index >= 15 is 0 Å². The lowest BCUT2D eigenvalue weighted by molar-refractivity contribution is 0.499. The van der Waals surface area contributed by atoms with Gasteiger partial charge in [0.1, 0.15) is 4.21 Å². The standard InChI is InChI=1S/C15H26N2O2S2/c1-3-6-16-9-14-8-15(20-11-14)21(18,19)17-10-13-5-4-12(2)7-13/h8,11-13,16-17H,3-7,9-10H2,1-2H3. The summed E-state index contributed by atoms with van der Waals surface area (Å²) in [4.78, 5) is 0.